The molecule has 0 aromatic carbocycles. The van der Waals surface area contributed by atoms with Gasteiger partial charge in [0.25, 0.3) is 5.56 Å². The van der Waals surface area contributed by atoms with E-state index < -0.39 is 0 Å². The zero-order valence-electron chi connectivity index (χ0n) is 10.7. The maximum absolute atomic E-state index is 11.2. The maximum Gasteiger partial charge on any atom is 0.330 e. The molecule has 0 atom stereocenters. The van der Waals surface area contributed by atoms with Gasteiger partial charge in [0.15, 0.2) is 0 Å². The summed E-state index contributed by atoms with van der Waals surface area (Å²) in [6.07, 6.45) is 0. The van der Waals surface area contributed by atoms with Crippen LogP contribution in [0.4, 0.5) is 11.9 Å². The number of nitrogen functional groups attached to an aromatic ring is 1. The number of aromatic nitrogens is 5. The van der Waals surface area contributed by atoms with Crippen molar-refractivity contribution in [1.82, 2.24) is 24.7 Å². The SMILES string of the molecule is CN(C)c1nc(N)nc(Oc2ccc(=O)n(C)n2)n1. The van der Waals surface area contributed by atoms with Crippen molar-refractivity contribution in [3.05, 3.63) is 22.5 Å². The van der Waals surface area contributed by atoms with Gasteiger partial charge in [-0.2, -0.15) is 15.0 Å². The molecule has 9 nitrogen and oxygen atoms in total. The van der Waals surface area contributed by atoms with Crippen LogP contribution in [0, 0.1) is 0 Å². The van der Waals surface area contributed by atoms with Crippen LogP contribution >= 0.6 is 0 Å². The minimum atomic E-state index is -0.239. The average Bonchev–Trinajstić information content (AvgIpc) is 2.33. The smallest absolute Gasteiger partial charge is 0.330 e. The third kappa shape index (κ3) is 2.94. The second-order valence-electron chi connectivity index (χ2n) is 3.91. The molecular weight excluding hydrogens is 250 g/mol. The summed E-state index contributed by atoms with van der Waals surface area (Å²) in [5.74, 6) is 0.600. The van der Waals surface area contributed by atoms with E-state index in [-0.39, 0.29) is 23.4 Å². The van der Waals surface area contributed by atoms with Gasteiger partial charge >= 0.3 is 6.01 Å². The van der Waals surface area contributed by atoms with Crippen molar-refractivity contribution in [2.75, 3.05) is 24.7 Å². The Hall–Kier alpha value is -2.71. The van der Waals surface area contributed by atoms with E-state index >= 15 is 0 Å². The first-order valence-electron chi connectivity index (χ1n) is 5.37. The summed E-state index contributed by atoms with van der Waals surface area (Å²) in [7, 11) is 5.05. The summed E-state index contributed by atoms with van der Waals surface area (Å²) < 4.78 is 6.49. The van der Waals surface area contributed by atoms with Crippen LogP contribution in [-0.4, -0.2) is 38.8 Å². The number of nitrogens with zero attached hydrogens (tertiary/aromatic N) is 6. The number of nitrogens with two attached hydrogens (primary N) is 1. The highest BCUT2D eigenvalue weighted by atomic mass is 16.5. The van der Waals surface area contributed by atoms with Crippen molar-refractivity contribution < 1.29 is 4.74 Å². The maximum atomic E-state index is 11.2. The zero-order chi connectivity index (χ0) is 14.0. The van der Waals surface area contributed by atoms with Crippen LogP contribution < -0.4 is 20.9 Å². The molecule has 19 heavy (non-hydrogen) atoms. The van der Waals surface area contributed by atoms with Crippen LogP contribution in [-0.2, 0) is 7.05 Å². The molecule has 0 spiro atoms. The highest BCUT2D eigenvalue weighted by molar-refractivity contribution is 5.34. The van der Waals surface area contributed by atoms with Crippen molar-refractivity contribution in [1.29, 1.82) is 0 Å². The first-order chi connectivity index (χ1) is 8.95. The molecule has 0 bridgehead atoms. The molecule has 2 N–H and O–H groups in total. The highest BCUT2D eigenvalue weighted by Crippen LogP contribution is 2.16. The van der Waals surface area contributed by atoms with E-state index in [2.05, 4.69) is 20.1 Å². The number of aryl methyl sites for hydroxylation is 1. The molecule has 0 saturated heterocycles. The Morgan fingerprint density at radius 1 is 1.26 bits per heavy atom. The molecule has 0 radical (unpaired) electrons. The van der Waals surface area contributed by atoms with Gasteiger partial charge in [0.05, 0.1) is 0 Å². The van der Waals surface area contributed by atoms with E-state index in [1.54, 1.807) is 19.0 Å². The van der Waals surface area contributed by atoms with Gasteiger partial charge in [-0.3, -0.25) is 4.79 Å². The molecule has 0 amide bonds. The Morgan fingerprint density at radius 2 is 2.00 bits per heavy atom. The second kappa shape index (κ2) is 4.88. The number of hydrogen-bond acceptors (Lipinski definition) is 8. The molecule has 0 aliphatic rings. The summed E-state index contributed by atoms with van der Waals surface area (Å²) in [6.45, 7) is 0. The van der Waals surface area contributed by atoms with Crippen molar-refractivity contribution in [3.63, 3.8) is 0 Å². The van der Waals surface area contributed by atoms with Crippen molar-refractivity contribution in [2.45, 2.75) is 0 Å². The number of ether oxygens (including phenoxy) is 1. The van der Waals surface area contributed by atoms with E-state index in [9.17, 15) is 4.79 Å². The minimum absolute atomic E-state index is 0.0161. The van der Waals surface area contributed by atoms with E-state index in [0.717, 1.165) is 4.68 Å². The molecule has 100 valence electrons. The summed E-state index contributed by atoms with van der Waals surface area (Å²) in [6, 6.07) is 2.78. The van der Waals surface area contributed by atoms with Gasteiger partial charge < -0.3 is 15.4 Å². The Kier molecular flexibility index (Phi) is 3.27. The summed E-state index contributed by atoms with van der Waals surface area (Å²) in [4.78, 5) is 24.7. The number of rotatable bonds is 3. The predicted molar refractivity (Wildman–Crippen MR) is 68.1 cm³/mol. The van der Waals surface area contributed by atoms with Crippen molar-refractivity contribution in [2.24, 2.45) is 7.05 Å². The van der Waals surface area contributed by atoms with Crippen LogP contribution in [0.15, 0.2) is 16.9 Å². The van der Waals surface area contributed by atoms with Gasteiger partial charge in [-0.25, -0.2) is 4.68 Å². The normalized spacial score (nSPS) is 10.3. The Bertz CT molecular complexity index is 653. The molecule has 9 heteroatoms. The fourth-order valence-corrected chi connectivity index (χ4v) is 1.24. The quantitative estimate of drug-likeness (QED) is 0.781. The third-order valence-electron chi connectivity index (χ3n) is 2.15. The first-order valence-corrected chi connectivity index (χ1v) is 5.37. The highest BCUT2D eigenvalue weighted by Gasteiger charge is 2.09. The van der Waals surface area contributed by atoms with Crippen LogP contribution in [0.25, 0.3) is 0 Å². The lowest BCUT2D eigenvalue weighted by molar-refractivity contribution is 0.407. The van der Waals surface area contributed by atoms with E-state index in [4.69, 9.17) is 10.5 Å². The van der Waals surface area contributed by atoms with Crippen molar-refractivity contribution >= 4 is 11.9 Å². The fourth-order valence-electron chi connectivity index (χ4n) is 1.24. The lowest BCUT2D eigenvalue weighted by atomic mass is 10.5. The van der Waals surface area contributed by atoms with Gasteiger partial charge in [-0.15, -0.1) is 5.10 Å². The zero-order valence-corrected chi connectivity index (χ0v) is 10.7. The summed E-state index contributed by atoms with van der Waals surface area (Å²) in [5, 5.41) is 3.90. The molecular formula is C10H13N7O2. The van der Waals surface area contributed by atoms with Crippen molar-refractivity contribution in [3.8, 4) is 11.9 Å². The van der Waals surface area contributed by atoms with Gasteiger partial charge in [0, 0.05) is 33.3 Å². The molecule has 0 aliphatic heterocycles. The Morgan fingerprint density at radius 3 is 2.63 bits per heavy atom. The third-order valence-corrected chi connectivity index (χ3v) is 2.15. The largest absolute Gasteiger partial charge is 0.403 e. The van der Waals surface area contributed by atoms with Gasteiger partial charge in [-0.05, 0) is 0 Å². The Labute approximate surface area is 108 Å². The molecule has 2 aromatic rings. The lowest BCUT2D eigenvalue weighted by Crippen LogP contribution is -2.18. The van der Waals surface area contributed by atoms with Gasteiger partial charge in [0.1, 0.15) is 0 Å². The standard InChI is InChI=1S/C10H13N7O2/c1-16(2)9-12-8(11)13-10(14-9)19-6-4-5-7(18)17(3)15-6/h4-5H,1-3H3,(H2,11,12,13,14). The second-order valence-corrected chi connectivity index (χ2v) is 3.91. The van der Waals surface area contributed by atoms with Crippen LogP contribution in [0.1, 0.15) is 0 Å². The fraction of sp³-hybridized carbons (Fsp3) is 0.300. The molecule has 0 saturated carbocycles. The minimum Gasteiger partial charge on any atom is -0.403 e. The van der Waals surface area contributed by atoms with Crippen LogP contribution in [0.2, 0.25) is 0 Å². The molecule has 0 fully saturated rings. The average molecular weight is 263 g/mol. The topological polar surface area (TPSA) is 112 Å². The number of hydrogen-bond donors (Lipinski definition) is 1. The van der Waals surface area contributed by atoms with Gasteiger partial charge in [0.2, 0.25) is 17.8 Å². The van der Waals surface area contributed by atoms with Crippen LogP contribution in [0.3, 0.4) is 0 Å². The van der Waals surface area contributed by atoms with Crippen LogP contribution in [0.5, 0.6) is 11.9 Å². The Balaban J connectivity index is 2.32. The van der Waals surface area contributed by atoms with E-state index in [0.29, 0.717) is 5.95 Å². The lowest BCUT2D eigenvalue weighted by Gasteiger charge is -2.11. The summed E-state index contributed by atoms with van der Waals surface area (Å²) in [5.41, 5.74) is 5.32. The molecule has 0 aliphatic carbocycles. The molecule has 0 unspecified atom stereocenters. The molecule has 2 heterocycles. The predicted octanol–water partition coefficient (Wildman–Crippen LogP) is -0.594. The number of anilines is 2. The van der Waals surface area contributed by atoms with E-state index in [1.165, 1.54) is 19.2 Å². The summed E-state index contributed by atoms with van der Waals surface area (Å²) >= 11 is 0. The monoisotopic (exact) mass is 263 g/mol. The van der Waals surface area contributed by atoms with E-state index in [1.807, 2.05) is 0 Å². The molecule has 2 aromatic heterocycles. The first kappa shape index (κ1) is 12.7. The van der Waals surface area contributed by atoms with Gasteiger partial charge in [-0.1, -0.05) is 0 Å². The molecule has 2 rings (SSSR count).